The minimum absolute atomic E-state index is 0.0732. The molecule has 6 nitrogen and oxygen atoms in total. The summed E-state index contributed by atoms with van der Waals surface area (Å²) in [5.74, 6) is -1.19. The molecule has 2 rings (SSSR count). The average Bonchev–Trinajstić information content (AvgIpc) is 3.02. The van der Waals surface area contributed by atoms with E-state index in [1.807, 2.05) is 0 Å². The van der Waals surface area contributed by atoms with Crippen molar-refractivity contribution in [3.8, 4) is 0 Å². The Morgan fingerprint density at radius 3 is 2.05 bits per heavy atom. The summed E-state index contributed by atoms with van der Waals surface area (Å²) in [6, 6.07) is 6.67. The SMILES string of the molecule is CCC(=O)Nc1ccc(NC(=O)C(=O)N2CCCC2)cc1. The van der Waals surface area contributed by atoms with Gasteiger partial charge in [0.1, 0.15) is 0 Å². The van der Waals surface area contributed by atoms with Crippen molar-refractivity contribution in [2.45, 2.75) is 26.2 Å². The van der Waals surface area contributed by atoms with Gasteiger partial charge in [0.2, 0.25) is 5.91 Å². The average molecular weight is 289 g/mol. The highest BCUT2D eigenvalue weighted by atomic mass is 16.2. The van der Waals surface area contributed by atoms with Crippen LogP contribution < -0.4 is 10.6 Å². The third-order valence-electron chi connectivity index (χ3n) is 3.34. The van der Waals surface area contributed by atoms with Gasteiger partial charge in [0.25, 0.3) is 0 Å². The van der Waals surface area contributed by atoms with Gasteiger partial charge in [-0.1, -0.05) is 6.92 Å². The molecule has 21 heavy (non-hydrogen) atoms. The largest absolute Gasteiger partial charge is 0.334 e. The van der Waals surface area contributed by atoms with Crippen LogP contribution in [0.3, 0.4) is 0 Å². The van der Waals surface area contributed by atoms with Gasteiger partial charge in [0, 0.05) is 30.9 Å². The smallest absolute Gasteiger partial charge is 0.313 e. The molecule has 1 fully saturated rings. The Morgan fingerprint density at radius 1 is 1.00 bits per heavy atom. The van der Waals surface area contributed by atoms with E-state index < -0.39 is 11.8 Å². The third-order valence-corrected chi connectivity index (χ3v) is 3.34. The van der Waals surface area contributed by atoms with Crippen LogP contribution in [0, 0.1) is 0 Å². The number of amides is 3. The zero-order chi connectivity index (χ0) is 15.2. The summed E-state index contributed by atoms with van der Waals surface area (Å²) in [7, 11) is 0. The number of nitrogens with zero attached hydrogens (tertiary/aromatic N) is 1. The lowest BCUT2D eigenvalue weighted by Crippen LogP contribution is -2.37. The zero-order valence-corrected chi connectivity index (χ0v) is 12.0. The minimum Gasteiger partial charge on any atom is -0.334 e. The number of anilines is 2. The fourth-order valence-electron chi connectivity index (χ4n) is 2.13. The van der Waals surface area contributed by atoms with Gasteiger partial charge in [-0.05, 0) is 37.1 Å². The van der Waals surface area contributed by atoms with Crippen molar-refractivity contribution in [2.75, 3.05) is 23.7 Å². The number of hydrogen-bond acceptors (Lipinski definition) is 3. The van der Waals surface area contributed by atoms with Crippen LogP contribution in [0.5, 0.6) is 0 Å². The molecule has 0 spiro atoms. The lowest BCUT2D eigenvalue weighted by Gasteiger charge is -2.14. The van der Waals surface area contributed by atoms with Crippen LogP contribution in [0.1, 0.15) is 26.2 Å². The molecule has 1 aliphatic rings. The Hall–Kier alpha value is -2.37. The molecular formula is C15H19N3O3. The lowest BCUT2D eigenvalue weighted by atomic mass is 10.2. The number of nitrogens with one attached hydrogen (secondary N) is 2. The third kappa shape index (κ3) is 4.05. The molecular weight excluding hydrogens is 270 g/mol. The van der Waals surface area contributed by atoms with Gasteiger partial charge < -0.3 is 15.5 Å². The molecule has 0 saturated carbocycles. The van der Waals surface area contributed by atoms with Crippen LogP contribution in [0.2, 0.25) is 0 Å². The number of rotatable bonds is 3. The fourth-order valence-corrected chi connectivity index (χ4v) is 2.13. The van der Waals surface area contributed by atoms with E-state index in [0.29, 0.717) is 30.9 Å². The van der Waals surface area contributed by atoms with E-state index in [1.165, 1.54) is 0 Å². The second-order valence-electron chi connectivity index (χ2n) is 4.93. The van der Waals surface area contributed by atoms with E-state index in [4.69, 9.17) is 0 Å². The number of carbonyl (C=O) groups excluding carboxylic acids is 3. The topological polar surface area (TPSA) is 78.5 Å². The first-order valence-electron chi connectivity index (χ1n) is 7.10. The van der Waals surface area contributed by atoms with E-state index in [0.717, 1.165) is 12.8 Å². The minimum atomic E-state index is -0.623. The summed E-state index contributed by atoms with van der Waals surface area (Å²) in [6.45, 7) is 3.07. The highest BCUT2D eigenvalue weighted by molar-refractivity contribution is 6.39. The predicted molar refractivity (Wildman–Crippen MR) is 79.8 cm³/mol. The summed E-state index contributed by atoms with van der Waals surface area (Å²) < 4.78 is 0. The van der Waals surface area contributed by atoms with E-state index in [-0.39, 0.29) is 5.91 Å². The monoisotopic (exact) mass is 289 g/mol. The number of likely N-dealkylation sites (tertiary alicyclic amines) is 1. The van der Waals surface area contributed by atoms with Gasteiger partial charge in [-0.2, -0.15) is 0 Å². The lowest BCUT2D eigenvalue weighted by molar-refractivity contribution is -0.142. The molecule has 1 heterocycles. The summed E-state index contributed by atoms with van der Waals surface area (Å²) in [5, 5.41) is 5.28. The summed E-state index contributed by atoms with van der Waals surface area (Å²) in [4.78, 5) is 36.5. The highest BCUT2D eigenvalue weighted by Crippen LogP contribution is 2.14. The van der Waals surface area contributed by atoms with Crippen LogP contribution in [0.4, 0.5) is 11.4 Å². The molecule has 0 bridgehead atoms. The Bertz CT molecular complexity index is 534. The van der Waals surface area contributed by atoms with Crippen molar-refractivity contribution in [2.24, 2.45) is 0 Å². The summed E-state index contributed by atoms with van der Waals surface area (Å²) in [5.41, 5.74) is 1.19. The predicted octanol–water partition coefficient (Wildman–Crippen LogP) is 1.60. The van der Waals surface area contributed by atoms with Gasteiger partial charge in [-0.15, -0.1) is 0 Å². The van der Waals surface area contributed by atoms with Gasteiger partial charge >= 0.3 is 11.8 Å². The number of carbonyl (C=O) groups is 3. The van der Waals surface area contributed by atoms with Crippen LogP contribution in [-0.4, -0.2) is 35.7 Å². The van der Waals surface area contributed by atoms with Crippen molar-refractivity contribution in [3.63, 3.8) is 0 Å². The number of benzene rings is 1. The van der Waals surface area contributed by atoms with Crippen LogP contribution >= 0.6 is 0 Å². The molecule has 112 valence electrons. The van der Waals surface area contributed by atoms with Crippen molar-refractivity contribution in [1.82, 2.24) is 4.90 Å². The molecule has 0 radical (unpaired) electrons. The molecule has 1 aromatic carbocycles. The molecule has 0 aliphatic carbocycles. The molecule has 1 aliphatic heterocycles. The molecule has 0 aromatic heterocycles. The molecule has 1 aromatic rings. The van der Waals surface area contributed by atoms with Crippen molar-refractivity contribution < 1.29 is 14.4 Å². The fraction of sp³-hybridized carbons (Fsp3) is 0.400. The standard InChI is InChI=1S/C15H19N3O3/c1-2-13(19)16-11-5-7-12(8-6-11)17-14(20)15(21)18-9-3-4-10-18/h5-8H,2-4,9-10H2,1H3,(H,16,19)(H,17,20). The molecule has 0 unspecified atom stereocenters. The van der Waals surface area contributed by atoms with Crippen LogP contribution in [-0.2, 0) is 14.4 Å². The molecule has 1 saturated heterocycles. The second-order valence-corrected chi connectivity index (χ2v) is 4.93. The maximum atomic E-state index is 11.9. The molecule has 2 N–H and O–H groups in total. The first kappa shape index (κ1) is 15.0. The Morgan fingerprint density at radius 2 is 1.52 bits per heavy atom. The van der Waals surface area contributed by atoms with Crippen molar-refractivity contribution in [1.29, 1.82) is 0 Å². The van der Waals surface area contributed by atoms with E-state index in [1.54, 1.807) is 36.1 Å². The maximum absolute atomic E-state index is 11.9. The van der Waals surface area contributed by atoms with Gasteiger partial charge in [0.15, 0.2) is 0 Å². The summed E-state index contributed by atoms with van der Waals surface area (Å²) in [6.07, 6.45) is 2.30. The van der Waals surface area contributed by atoms with Crippen LogP contribution in [0.25, 0.3) is 0 Å². The quantitative estimate of drug-likeness (QED) is 0.830. The second kappa shape index (κ2) is 6.88. The van der Waals surface area contributed by atoms with E-state index in [9.17, 15) is 14.4 Å². The Balaban J connectivity index is 1.91. The van der Waals surface area contributed by atoms with Crippen LogP contribution in [0.15, 0.2) is 24.3 Å². The normalized spacial score (nSPS) is 13.9. The molecule has 3 amide bonds. The Kier molecular flexibility index (Phi) is 4.92. The zero-order valence-electron chi connectivity index (χ0n) is 12.0. The van der Waals surface area contributed by atoms with E-state index in [2.05, 4.69) is 10.6 Å². The van der Waals surface area contributed by atoms with Gasteiger partial charge in [-0.25, -0.2) is 0 Å². The van der Waals surface area contributed by atoms with Gasteiger partial charge in [-0.3, -0.25) is 14.4 Å². The maximum Gasteiger partial charge on any atom is 0.313 e. The highest BCUT2D eigenvalue weighted by Gasteiger charge is 2.24. The number of hydrogen-bond donors (Lipinski definition) is 2. The van der Waals surface area contributed by atoms with Gasteiger partial charge in [0.05, 0.1) is 0 Å². The first-order valence-corrected chi connectivity index (χ1v) is 7.10. The Labute approximate surface area is 123 Å². The van der Waals surface area contributed by atoms with E-state index >= 15 is 0 Å². The molecule has 6 heteroatoms. The van der Waals surface area contributed by atoms with Crippen molar-refractivity contribution >= 4 is 29.1 Å². The first-order chi connectivity index (χ1) is 10.1. The molecule has 0 atom stereocenters. The van der Waals surface area contributed by atoms with Crippen molar-refractivity contribution in [3.05, 3.63) is 24.3 Å². The summed E-state index contributed by atoms with van der Waals surface area (Å²) >= 11 is 0.